The molecule has 0 radical (unpaired) electrons. The number of rotatable bonds is 5. The van der Waals surface area contributed by atoms with Gasteiger partial charge in [0, 0.05) is 42.4 Å². The first kappa shape index (κ1) is 15.8. The van der Waals surface area contributed by atoms with Crippen LogP contribution in [0.25, 0.3) is 0 Å². The van der Waals surface area contributed by atoms with Crippen LogP contribution in [0.1, 0.15) is 31.9 Å². The Morgan fingerprint density at radius 2 is 1.95 bits per heavy atom. The van der Waals surface area contributed by atoms with Crippen molar-refractivity contribution in [1.82, 2.24) is 10.2 Å². The van der Waals surface area contributed by atoms with E-state index >= 15 is 0 Å². The second-order valence-corrected chi connectivity index (χ2v) is 6.40. The van der Waals surface area contributed by atoms with Gasteiger partial charge in [-0.25, -0.2) is 0 Å². The van der Waals surface area contributed by atoms with Gasteiger partial charge < -0.3 is 10.2 Å². The van der Waals surface area contributed by atoms with E-state index in [9.17, 15) is 0 Å². The first-order valence-corrected chi connectivity index (χ1v) is 8.39. The van der Waals surface area contributed by atoms with Gasteiger partial charge >= 0.3 is 0 Å². The molecule has 2 rings (SSSR count). The minimum Gasteiger partial charge on any atom is -0.369 e. The van der Waals surface area contributed by atoms with Crippen molar-refractivity contribution in [3.63, 3.8) is 0 Å². The summed E-state index contributed by atoms with van der Waals surface area (Å²) >= 11 is 3.71. The third kappa shape index (κ3) is 3.74. The van der Waals surface area contributed by atoms with E-state index in [1.807, 2.05) is 7.05 Å². The van der Waals surface area contributed by atoms with Crippen molar-refractivity contribution in [1.29, 1.82) is 0 Å². The Hall–Kier alpha value is -0.580. The summed E-state index contributed by atoms with van der Waals surface area (Å²) in [4.78, 5) is 5.05. The quantitative estimate of drug-likeness (QED) is 0.888. The molecule has 1 N–H and O–H groups in total. The van der Waals surface area contributed by atoms with Crippen molar-refractivity contribution in [3.05, 3.63) is 28.2 Å². The van der Waals surface area contributed by atoms with E-state index in [2.05, 4.69) is 63.1 Å². The number of hydrogen-bond acceptors (Lipinski definition) is 3. The molecule has 0 aliphatic carbocycles. The summed E-state index contributed by atoms with van der Waals surface area (Å²) in [5.74, 6) is 0. The molecule has 0 amide bonds. The maximum atomic E-state index is 3.71. The van der Waals surface area contributed by atoms with Gasteiger partial charge in [0.15, 0.2) is 0 Å². The van der Waals surface area contributed by atoms with Crippen molar-refractivity contribution in [2.45, 2.75) is 26.3 Å². The Kier molecular flexibility index (Phi) is 5.87. The number of piperazine rings is 1. The first-order valence-electron chi connectivity index (χ1n) is 7.59. The van der Waals surface area contributed by atoms with Crippen LogP contribution < -0.4 is 10.2 Å². The smallest absolute Gasteiger partial charge is 0.0378 e. The summed E-state index contributed by atoms with van der Waals surface area (Å²) in [5, 5.41) is 3.29. The molecule has 3 nitrogen and oxygen atoms in total. The molecule has 20 heavy (non-hydrogen) atoms. The van der Waals surface area contributed by atoms with Crippen molar-refractivity contribution >= 4 is 21.6 Å². The van der Waals surface area contributed by atoms with Crippen molar-refractivity contribution in [3.8, 4) is 0 Å². The Labute approximate surface area is 131 Å². The van der Waals surface area contributed by atoms with E-state index in [1.54, 1.807) is 0 Å². The molecule has 1 saturated heterocycles. The Morgan fingerprint density at radius 3 is 2.50 bits per heavy atom. The predicted molar refractivity (Wildman–Crippen MR) is 90.6 cm³/mol. The average Bonchev–Trinajstić information content (AvgIpc) is 2.47. The number of benzene rings is 1. The summed E-state index contributed by atoms with van der Waals surface area (Å²) in [6.07, 6.45) is 1.25. The van der Waals surface area contributed by atoms with Crippen LogP contribution in [-0.4, -0.2) is 44.7 Å². The van der Waals surface area contributed by atoms with E-state index in [1.165, 1.54) is 41.8 Å². The molecular formula is C16H26BrN3. The summed E-state index contributed by atoms with van der Waals surface area (Å²) in [6, 6.07) is 7.13. The zero-order valence-electron chi connectivity index (χ0n) is 12.8. The Balaban J connectivity index is 2.02. The molecule has 0 bridgehead atoms. The number of nitrogens with one attached hydrogen (secondary N) is 1. The van der Waals surface area contributed by atoms with Crippen molar-refractivity contribution in [2.75, 3.05) is 44.7 Å². The minimum absolute atomic E-state index is 0.375. The Morgan fingerprint density at radius 1 is 1.25 bits per heavy atom. The Bertz CT molecular complexity index is 428. The summed E-state index contributed by atoms with van der Waals surface area (Å²) in [6.45, 7) is 10.3. The van der Waals surface area contributed by atoms with Gasteiger partial charge in [-0.1, -0.05) is 28.9 Å². The van der Waals surface area contributed by atoms with Gasteiger partial charge in [0.1, 0.15) is 0 Å². The number of anilines is 1. The molecule has 1 aromatic rings. The van der Waals surface area contributed by atoms with E-state index in [4.69, 9.17) is 0 Å². The van der Waals surface area contributed by atoms with Crippen molar-refractivity contribution in [2.24, 2.45) is 0 Å². The first-order chi connectivity index (χ1) is 9.65. The molecule has 1 fully saturated rings. The zero-order valence-corrected chi connectivity index (χ0v) is 14.4. The fourth-order valence-electron chi connectivity index (χ4n) is 2.77. The molecular weight excluding hydrogens is 314 g/mol. The number of nitrogens with zero attached hydrogens (tertiary/aromatic N) is 2. The molecule has 1 heterocycles. The summed E-state index contributed by atoms with van der Waals surface area (Å²) < 4.78 is 1.20. The second-order valence-electron chi connectivity index (χ2n) is 5.54. The minimum atomic E-state index is 0.375. The lowest BCUT2D eigenvalue weighted by molar-refractivity contribution is 0.258. The molecule has 0 spiro atoms. The highest BCUT2D eigenvalue weighted by Gasteiger charge is 2.17. The molecule has 0 saturated carbocycles. The number of halogens is 1. The fraction of sp³-hybridized carbons (Fsp3) is 0.625. The fourth-order valence-corrected chi connectivity index (χ4v) is 3.48. The third-order valence-electron chi connectivity index (χ3n) is 4.16. The van der Waals surface area contributed by atoms with E-state index in [-0.39, 0.29) is 0 Å². The van der Waals surface area contributed by atoms with Gasteiger partial charge in [-0.15, -0.1) is 0 Å². The molecule has 1 aliphatic heterocycles. The maximum absolute atomic E-state index is 3.71. The summed E-state index contributed by atoms with van der Waals surface area (Å²) in [5.41, 5.74) is 2.65. The second kappa shape index (κ2) is 7.43. The highest BCUT2D eigenvalue weighted by atomic mass is 79.9. The molecule has 112 valence electrons. The number of hydrogen-bond donors (Lipinski definition) is 1. The lowest BCUT2D eigenvalue weighted by atomic mass is 10.1. The van der Waals surface area contributed by atoms with Crippen LogP contribution >= 0.6 is 15.9 Å². The summed E-state index contributed by atoms with van der Waals surface area (Å²) in [7, 11) is 2.00. The molecule has 1 atom stereocenters. The monoisotopic (exact) mass is 339 g/mol. The topological polar surface area (TPSA) is 18.5 Å². The molecule has 1 unspecified atom stereocenters. The van der Waals surface area contributed by atoms with E-state index in [0.29, 0.717) is 6.04 Å². The van der Waals surface area contributed by atoms with Gasteiger partial charge in [-0.05, 0) is 44.6 Å². The van der Waals surface area contributed by atoms with Crippen LogP contribution in [0.15, 0.2) is 22.7 Å². The van der Waals surface area contributed by atoms with E-state index in [0.717, 1.165) is 13.1 Å². The predicted octanol–water partition coefficient (Wildman–Crippen LogP) is 3.26. The maximum Gasteiger partial charge on any atom is 0.0378 e. The van der Waals surface area contributed by atoms with Gasteiger partial charge in [-0.2, -0.15) is 0 Å². The van der Waals surface area contributed by atoms with Gasteiger partial charge in [0.05, 0.1) is 0 Å². The standard InChI is InChI=1S/C16H26BrN3/c1-4-7-19-8-10-20(11-9-19)14-5-6-15(13(2)18-3)16(17)12-14/h5-6,12-13,18H,4,7-11H2,1-3H3. The highest BCUT2D eigenvalue weighted by Crippen LogP contribution is 2.28. The van der Waals surface area contributed by atoms with Crippen LogP contribution in [0.4, 0.5) is 5.69 Å². The third-order valence-corrected chi connectivity index (χ3v) is 4.85. The van der Waals surface area contributed by atoms with Crippen LogP contribution in [0.3, 0.4) is 0 Å². The SMILES string of the molecule is CCCN1CCN(c2ccc(C(C)NC)c(Br)c2)CC1. The largest absolute Gasteiger partial charge is 0.369 e. The van der Waals surface area contributed by atoms with E-state index < -0.39 is 0 Å². The molecule has 1 aromatic carbocycles. The zero-order chi connectivity index (χ0) is 14.5. The highest BCUT2D eigenvalue weighted by molar-refractivity contribution is 9.10. The van der Waals surface area contributed by atoms with Crippen molar-refractivity contribution < 1.29 is 0 Å². The van der Waals surface area contributed by atoms with Gasteiger partial charge in [0.25, 0.3) is 0 Å². The molecule has 0 aromatic heterocycles. The van der Waals surface area contributed by atoms with Gasteiger partial charge in [0.2, 0.25) is 0 Å². The average molecular weight is 340 g/mol. The van der Waals surface area contributed by atoms with Crippen LogP contribution in [-0.2, 0) is 0 Å². The lowest BCUT2D eigenvalue weighted by Crippen LogP contribution is -2.46. The normalized spacial score (nSPS) is 18.3. The van der Waals surface area contributed by atoms with Crippen LogP contribution in [0.2, 0.25) is 0 Å². The van der Waals surface area contributed by atoms with Crippen LogP contribution in [0.5, 0.6) is 0 Å². The van der Waals surface area contributed by atoms with Crippen LogP contribution in [0, 0.1) is 0 Å². The molecule has 1 aliphatic rings. The molecule has 4 heteroatoms. The lowest BCUT2D eigenvalue weighted by Gasteiger charge is -2.36. The van der Waals surface area contributed by atoms with Gasteiger partial charge in [-0.3, -0.25) is 4.90 Å².